The van der Waals surface area contributed by atoms with Crippen LogP contribution < -0.4 is 15.4 Å². The molecule has 0 aliphatic carbocycles. The molecular formula is C21H16BrClN2O3. The first-order chi connectivity index (χ1) is 13.5. The molecule has 0 fully saturated rings. The Kier molecular flexibility index (Phi) is 6.68. The smallest absolute Gasteiger partial charge is 0.262 e. The summed E-state index contributed by atoms with van der Waals surface area (Å²) in [5, 5.41) is 5.94. The molecule has 0 aliphatic rings. The van der Waals surface area contributed by atoms with E-state index in [-0.39, 0.29) is 18.4 Å². The quantitative estimate of drug-likeness (QED) is 0.520. The minimum absolute atomic E-state index is 0.193. The monoisotopic (exact) mass is 458 g/mol. The Morgan fingerprint density at radius 2 is 1.61 bits per heavy atom. The van der Waals surface area contributed by atoms with Gasteiger partial charge in [0.15, 0.2) is 6.61 Å². The molecule has 0 aromatic heterocycles. The van der Waals surface area contributed by atoms with E-state index in [9.17, 15) is 9.59 Å². The van der Waals surface area contributed by atoms with Crippen LogP contribution in [0, 0.1) is 0 Å². The fraction of sp³-hybridized carbons (Fsp3) is 0.0476. The van der Waals surface area contributed by atoms with Gasteiger partial charge in [-0.1, -0.05) is 51.8 Å². The van der Waals surface area contributed by atoms with E-state index in [0.29, 0.717) is 27.7 Å². The number of benzene rings is 3. The van der Waals surface area contributed by atoms with E-state index in [1.165, 1.54) is 0 Å². The number of rotatable bonds is 6. The van der Waals surface area contributed by atoms with Crippen molar-refractivity contribution in [2.75, 3.05) is 17.2 Å². The lowest BCUT2D eigenvalue weighted by molar-refractivity contribution is -0.118. The molecular weight excluding hydrogens is 444 g/mol. The number of ether oxygens (including phenoxy) is 1. The Morgan fingerprint density at radius 1 is 0.893 bits per heavy atom. The molecule has 0 heterocycles. The van der Waals surface area contributed by atoms with E-state index in [0.717, 1.165) is 4.47 Å². The third kappa shape index (κ3) is 5.58. The number of carbonyl (C=O) groups excluding carboxylic acids is 2. The molecule has 2 N–H and O–H groups in total. The summed E-state index contributed by atoms with van der Waals surface area (Å²) in [6, 6.07) is 20.9. The highest BCUT2D eigenvalue weighted by Gasteiger charge is 2.09. The lowest BCUT2D eigenvalue weighted by Crippen LogP contribution is -2.20. The van der Waals surface area contributed by atoms with Crippen molar-refractivity contribution in [1.82, 2.24) is 0 Å². The summed E-state index contributed by atoms with van der Waals surface area (Å²) >= 11 is 9.38. The largest absolute Gasteiger partial charge is 0.482 e. The maximum atomic E-state index is 12.2. The van der Waals surface area contributed by atoms with E-state index < -0.39 is 0 Å². The van der Waals surface area contributed by atoms with E-state index in [4.69, 9.17) is 16.3 Å². The van der Waals surface area contributed by atoms with E-state index in [1.807, 2.05) is 6.07 Å². The highest BCUT2D eigenvalue weighted by atomic mass is 79.9. The lowest BCUT2D eigenvalue weighted by Gasteiger charge is -2.10. The number of hydrogen-bond acceptors (Lipinski definition) is 3. The van der Waals surface area contributed by atoms with Crippen LogP contribution in [0.15, 0.2) is 77.3 Å². The third-order valence-corrected chi connectivity index (χ3v) is 4.48. The molecule has 0 saturated heterocycles. The van der Waals surface area contributed by atoms with Gasteiger partial charge in [0.05, 0.1) is 5.02 Å². The molecule has 0 atom stereocenters. The summed E-state index contributed by atoms with van der Waals surface area (Å²) in [6.45, 7) is -0.193. The average molecular weight is 460 g/mol. The normalized spacial score (nSPS) is 10.2. The molecule has 3 rings (SSSR count). The molecule has 3 aromatic carbocycles. The van der Waals surface area contributed by atoms with E-state index in [2.05, 4.69) is 26.6 Å². The highest BCUT2D eigenvalue weighted by Crippen LogP contribution is 2.27. The number of hydrogen-bond donors (Lipinski definition) is 2. The minimum Gasteiger partial charge on any atom is -0.482 e. The Morgan fingerprint density at radius 3 is 2.32 bits per heavy atom. The summed E-state index contributed by atoms with van der Waals surface area (Å²) < 4.78 is 6.27. The zero-order valence-corrected chi connectivity index (χ0v) is 17.0. The van der Waals surface area contributed by atoms with Crippen molar-refractivity contribution in [3.63, 3.8) is 0 Å². The lowest BCUT2D eigenvalue weighted by atomic mass is 10.2. The first kappa shape index (κ1) is 19.9. The molecule has 0 bridgehead atoms. The Balaban J connectivity index is 1.57. The Hall–Kier alpha value is -2.83. The van der Waals surface area contributed by atoms with Gasteiger partial charge in [0, 0.05) is 21.4 Å². The summed E-state index contributed by atoms with van der Waals surface area (Å²) in [5.41, 5.74) is 1.67. The van der Waals surface area contributed by atoms with Gasteiger partial charge in [0.25, 0.3) is 11.8 Å². The maximum Gasteiger partial charge on any atom is 0.262 e. The summed E-state index contributed by atoms with van der Waals surface area (Å²) in [5.74, 6) is -0.147. The van der Waals surface area contributed by atoms with Crippen molar-refractivity contribution in [3.05, 3.63) is 87.9 Å². The SMILES string of the molecule is O=C(COc1ccc(Br)cc1Cl)Nc1cccc(NC(=O)c2ccccc2)c1. The number of nitrogens with one attached hydrogen (secondary N) is 2. The minimum atomic E-state index is -0.342. The van der Waals surface area contributed by atoms with Gasteiger partial charge in [0.1, 0.15) is 5.75 Å². The number of halogens is 2. The van der Waals surface area contributed by atoms with Crippen molar-refractivity contribution in [2.45, 2.75) is 0 Å². The summed E-state index contributed by atoms with van der Waals surface area (Å²) in [7, 11) is 0. The van der Waals surface area contributed by atoms with Crippen LogP contribution in [0.1, 0.15) is 10.4 Å². The van der Waals surface area contributed by atoms with Crippen molar-refractivity contribution in [1.29, 1.82) is 0 Å². The van der Waals surface area contributed by atoms with Crippen LogP contribution >= 0.6 is 27.5 Å². The molecule has 28 heavy (non-hydrogen) atoms. The molecule has 3 aromatic rings. The first-order valence-electron chi connectivity index (χ1n) is 8.35. The van der Waals surface area contributed by atoms with Crippen LogP contribution in [0.5, 0.6) is 5.75 Å². The second-order valence-corrected chi connectivity index (χ2v) is 7.14. The van der Waals surface area contributed by atoms with Gasteiger partial charge in [-0.15, -0.1) is 0 Å². The first-order valence-corrected chi connectivity index (χ1v) is 9.52. The van der Waals surface area contributed by atoms with E-state index in [1.54, 1.807) is 66.7 Å². The van der Waals surface area contributed by atoms with Crippen LogP contribution in [0.2, 0.25) is 5.02 Å². The van der Waals surface area contributed by atoms with Gasteiger partial charge in [-0.2, -0.15) is 0 Å². The van der Waals surface area contributed by atoms with E-state index >= 15 is 0 Å². The molecule has 0 radical (unpaired) electrons. The Bertz CT molecular complexity index is 996. The predicted molar refractivity (Wildman–Crippen MR) is 114 cm³/mol. The fourth-order valence-electron chi connectivity index (χ4n) is 2.40. The third-order valence-electron chi connectivity index (χ3n) is 3.69. The molecule has 0 spiro atoms. The molecule has 7 heteroatoms. The van der Waals surface area contributed by atoms with Gasteiger partial charge in [-0.25, -0.2) is 0 Å². The highest BCUT2D eigenvalue weighted by molar-refractivity contribution is 9.10. The zero-order chi connectivity index (χ0) is 19.9. The molecule has 5 nitrogen and oxygen atoms in total. The van der Waals surface area contributed by atoms with Crippen LogP contribution in [0.3, 0.4) is 0 Å². The second-order valence-electron chi connectivity index (χ2n) is 5.81. The van der Waals surface area contributed by atoms with Gasteiger partial charge < -0.3 is 15.4 Å². The molecule has 2 amide bonds. The number of amides is 2. The average Bonchev–Trinajstić information content (AvgIpc) is 2.68. The molecule has 0 aliphatic heterocycles. The summed E-state index contributed by atoms with van der Waals surface area (Å²) in [6.07, 6.45) is 0. The molecule has 142 valence electrons. The van der Waals surface area contributed by atoms with Crippen LogP contribution in [0.4, 0.5) is 11.4 Å². The van der Waals surface area contributed by atoms with Crippen LogP contribution in [-0.2, 0) is 4.79 Å². The van der Waals surface area contributed by atoms with Crippen LogP contribution in [-0.4, -0.2) is 18.4 Å². The molecule has 0 saturated carbocycles. The van der Waals surface area contributed by atoms with Gasteiger partial charge in [-0.3, -0.25) is 9.59 Å². The number of anilines is 2. The van der Waals surface area contributed by atoms with Crippen molar-refractivity contribution in [2.24, 2.45) is 0 Å². The maximum absolute atomic E-state index is 12.2. The van der Waals surface area contributed by atoms with Crippen molar-refractivity contribution >= 4 is 50.7 Å². The van der Waals surface area contributed by atoms with Crippen molar-refractivity contribution in [3.8, 4) is 5.75 Å². The second kappa shape index (κ2) is 9.39. The van der Waals surface area contributed by atoms with Crippen molar-refractivity contribution < 1.29 is 14.3 Å². The predicted octanol–water partition coefficient (Wildman–Crippen LogP) is 5.37. The van der Waals surface area contributed by atoms with Gasteiger partial charge >= 0.3 is 0 Å². The van der Waals surface area contributed by atoms with Crippen LogP contribution in [0.25, 0.3) is 0 Å². The zero-order valence-electron chi connectivity index (χ0n) is 14.6. The van der Waals surface area contributed by atoms with Gasteiger partial charge in [-0.05, 0) is 48.5 Å². The van der Waals surface area contributed by atoms with Gasteiger partial charge in [0.2, 0.25) is 0 Å². The number of carbonyl (C=O) groups is 2. The molecule has 0 unspecified atom stereocenters. The fourth-order valence-corrected chi connectivity index (χ4v) is 3.13. The standard InChI is InChI=1S/C21H16BrClN2O3/c22-15-9-10-19(18(23)11-15)28-13-20(26)24-16-7-4-8-17(12-16)25-21(27)14-5-2-1-3-6-14/h1-12H,13H2,(H,24,26)(H,25,27). The summed E-state index contributed by atoms with van der Waals surface area (Å²) in [4.78, 5) is 24.4. The Labute approximate surface area is 175 Å². The topological polar surface area (TPSA) is 67.4 Å².